The lowest BCUT2D eigenvalue weighted by Gasteiger charge is -2.29. The standard InChI is InChI=1S/C21H26N6O15P2/c22-16(32)8-2-1-3-26(4-8)19-13(30)11(28)9(40-19)5-39-43(34,35)21(42-44(36,37)38)15-12(29)14(31)20(41-15)27-7-25-10-17(27)23-6-24-18(10)33/h1-4,6-7,9,11-15,19-21,28-31H,5H2,(H5-,22,23,24,32,33,34,35,36,37,38)/p+1. The predicted molar refractivity (Wildman–Crippen MR) is 138 cm³/mol. The van der Waals surface area contributed by atoms with Crippen molar-refractivity contribution in [1.82, 2.24) is 19.5 Å². The SMILES string of the molecule is NC(=O)c1ccc[n+](C2OC(COP(=O)(O)C(OP(=O)(O)O)C3OC(n4cnc5c(=O)[nH]cnc54)C(O)C3O)C(O)C2O)c1. The van der Waals surface area contributed by atoms with Gasteiger partial charge >= 0.3 is 15.4 Å². The smallest absolute Gasteiger partial charge is 0.387 e. The van der Waals surface area contributed by atoms with Gasteiger partial charge in [-0.3, -0.25) is 23.2 Å². The van der Waals surface area contributed by atoms with Gasteiger partial charge in [0, 0.05) is 6.07 Å². The van der Waals surface area contributed by atoms with Crippen LogP contribution in [0.3, 0.4) is 0 Å². The van der Waals surface area contributed by atoms with Crippen LogP contribution in [0.15, 0.2) is 42.0 Å². The third kappa shape index (κ3) is 6.24. The third-order valence-electron chi connectivity index (χ3n) is 6.92. The zero-order valence-electron chi connectivity index (χ0n) is 22.0. The molecule has 5 rings (SSSR count). The summed E-state index contributed by atoms with van der Waals surface area (Å²) in [5.74, 6) is -3.43. The van der Waals surface area contributed by atoms with E-state index in [9.17, 15) is 53.8 Å². The monoisotopic (exact) mass is 665 g/mol. The number of nitrogens with zero attached hydrogens (tertiary/aromatic N) is 4. The van der Waals surface area contributed by atoms with E-state index in [4.69, 9.17) is 19.7 Å². The van der Waals surface area contributed by atoms with Crippen LogP contribution in [0.1, 0.15) is 22.8 Å². The number of primary amides is 1. The highest BCUT2D eigenvalue weighted by Crippen LogP contribution is 2.58. The number of rotatable bonds is 10. The van der Waals surface area contributed by atoms with Crippen molar-refractivity contribution in [1.29, 1.82) is 0 Å². The molecule has 0 aromatic carbocycles. The molecule has 10 atom stereocenters. The Morgan fingerprint density at radius 3 is 2.52 bits per heavy atom. The number of nitrogens with one attached hydrogen (secondary N) is 1. The molecule has 0 bridgehead atoms. The summed E-state index contributed by atoms with van der Waals surface area (Å²) in [5, 5.41) is 42.4. The molecule has 2 fully saturated rings. The van der Waals surface area contributed by atoms with Gasteiger partial charge in [0.05, 0.1) is 19.3 Å². The van der Waals surface area contributed by atoms with Crippen LogP contribution in [0, 0.1) is 0 Å². The van der Waals surface area contributed by atoms with Crippen LogP contribution in [-0.2, 0) is 27.7 Å². The van der Waals surface area contributed by atoms with Crippen molar-refractivity contribution in [3.8, 4) is 0 Å². The minimum atomic E-state index is -5.60. The maximum atomic E-state index is 13.4. The molecule has 2 aliphatic heterocycles. The molecule has 2 saturated heterocycles. The molecule has 44 heavy (non-hydrogen) atoms. The summed E-state index contributed by atoms with van der Waals surface area (Å²) in [4.78, 5) is 63.3. The summed E-state index contributed by atoms with van der Waals surface area (Å²) in [6, 6.07) is 2.79. The number of imidazole rings is 1. The molecule has 0 spiro atoms. The highest BCUT2D eigenvalue weighted by atomic mass is 31.2. The lowest BCUT2D eigenvalue weighted by molar-refractivity contribution is -0.765. The summed E-state index contributed by atoms with van der Waals surface area (Å²) >= 11 is 0. The van der Waals surface area contributed by atoms with Gasteiger partial charge in [0.25, 0.3) is 17.7 Å². The van der Waals surface area contributed by atoms with Crippen molar-refractivity contribution in [2.45, 2.75) is 54.9 Å². The fourth-order valence-corrected chi connectivity index (χ4v) is 7.18. The maximum absolute atomic E-state index is 13.4. The number of phosphoric acid groups is 1. The fraction of sp³-hybridized carbons (Fsp3) is 0.476. The molecule has 3 aromatic heterocycles. The van der Waals surface area contributed by atoms with Gasteiger partial charge in [0.2, 0.25) is 0 Å². The number of pyridine rings is 1. The number of amides is 1. The van der Waals surface area contributed by atoms with E-state index < -0.39 is 88.4 Å². The molecular weight excluding hydrogens is 638 g/mol. The summed E-state index contributed by atoms with van der Waals surface area (Å²) < 4.78 is 47.9. The van der Waals surface area contributed by atoms with Crippen molar-refractivity contribution in [2.75, 3.05) is 6.61 Å². The number of hydrogen-bond donors (Lipinski definition) is 9. The van der Waals surface area contributed by atoms with Crippen molar-refractivity contribution in [2.24, 2.45) is 5.73 Å². The molecule has 5 heterocycles. The van der Waals surface area contributed by atoms with E-state index in [1.807, 2.05) is 0 Å². The number of ether oxygens (including phenoxy) is 2. The number of fused-ring (bicyclic) bond motifs is 1. The molecule has 23 heteroatoms. The average Bonchev–Trinajstić information content (AvgIpc) is 3.60. The van der Waals surface area contributed by atoms with E-state index in [1.54, 1.807) is 0 Å². The first-order valence-corrected chi connectivity index (χ1v) is 15.7. The van der Waals surface area contributed by atoms with E-state index >= 15 is 0 Å². The topological polar surface area (TPSA) is 323 Å². The summed E-state index contributed by atoms with van der Waals surface area (Å²) in [6.07, 6.45) is -9.37. The predicted octanol–water partition coefficient (Wildman–Crippen LogP) is -3.92. The normalized spacial score (nSPS) is 31.2. The minimum absolute atomic E-state index is 0.0386. The molecule has 10 unspecified atom stereocenters. The maximum Gasteiger partial charge on any atom is 0.470 e. The van der Waals surface area contributed by atoms with E-state index in [-0.39, 0.29) is 16.7 Å². The van der Waals surface area contributed by atoms with E-state index in [2.05, 4.69) is 19.5 Å². The summed E-state index contributed by atoms with van der Waals surface area (Å²) in [7, 11) is -11.0. The highest BCUT2D eigenvalue weighted by Gasteiger charge is 2.57. The molecule has 1 amide bonds. The zero-order valence-corrected chi connectivity index (χ0v) is 23.8. The first kappa shape index (κ1) is 32.4. The minimum Gasteiger partial charge on any atom is -0.387 e. The lowest BCUT2D eigenvalue weighted by atomic mass is 10.1. The zero-order chi connectivity index (χ0) is 32.1. The number of carbonyl (C=O) groups excluding carboxylic acids is 1. The molecule has 21 nitrogen and oxygen atoms in total. The second-order valence-electron chi connectivity index (χ2n) is 9.82. The van der Waals surface area contributed by atoms with Crippen molar-refractivity contribution in [3.63, 3.8) is 0 Å². The molecule has 2 aliphatic rings. The molecule has 0 saturated carbocycles. The van der Waals surface area contributed by atoms with Crippen LogP contribution >= 0.6 is 15.4 Å². The van der Waals surface area contributed by atoms with Gasteiger partial charge in [0.15, 0.2) is 41.7 Å². The van der Waals surface area contributed by atoms with Crippen LogP contribution < -0.4 is 15.9 Å². The van der Waals surface area contributed by atoms with Crippen LogP contribution in [0.4, 0.5) is 0 Å². The van der Waals surface area contributed by atoms with Crippen molar-refractivity contribution >= 4 is 32.5 Å². The first-order chi connectivity index (χ1) is 20.6. The second kappa shape index (κ2) is 12.1. The van der Waals surface area contributed by atoms with E-state index in [1.165, 1.54) is 29.1 Å². The number of aliphatic hydroxyl groups excluding tert-OH is 4. The number of phosphoric ester groups is 1. The quantitative estimate of drug-likeness (QED) is 0.0737. The van der Waals surface area contributed by atoms with Gasteiger partial charge in [-0.2, -0.15) is 4.57 Å². The summed E-state index contributed by atoms with van der Waals surface area (Å²) in [6.45, 7) is -0.965. The largest absolute Gasteiger partial charge is 0.470 e. The van der Waals surface area contributed by atoms with Gasteiger partial charge in [-0.1, -0.05) is 0 Å². The fourth-order valence-electron chi connectivity index (χ4n) is 4.81. The average molecular weight is 665 g/mol. The molecule has 3 aromatic rings. The lowest BCUT2D eigenvalue weighted by Crippen LogP contribution is -2.46. The molecule has 0 aliphatic carbocycles. The molecule has 10 N–H and O–H groups in total. The van der Waals surface area contributed by atoms with Crippen LogP contribution in [0.5, 0.6) is 0 Å². The number of aromatic nitrogens is 5. The van der Waals surface area contributed by atoms with Gasteiger partial charge in [-0.05, 0) is 6.07 Å². The number of carbonyl (C=O) groups is 1. The van der Waals surface area contributed by atoms with Crippen molar-refractivity contribution in [3.05, 3.63) is 53.1 Å². The van der Waals surface area contributed by atoms with E-state index in [0.29, 0.717) is 0 Å². The van der Waals surface area contributed by atoms with E-state index in [0.717, 1.165) is 17.2 Å². The molecular formula is C21H27N6O15P2+. The Balaban J connectivity index is 1.36. The molecule has 240 valence electrons. The third-order valence-corrected chi connectivity index (χ3v) is 9.15. The Bertz CT molecular complexity index is 1700. The van der Waals surface area contributed by atoms with Gasteiger partial charge in [0.1, 0.15) is 36.1 Å². The Morgan fingerprint density at radius 2 is 1.84 bits per heavy atom. The Hall–Kier alpha value is -3.01. The number of aliphatic hydroxyl groups is 4. The summed E-state index contributed by atoms with van der Waals surface area (Å²) in [5.41, 5.74) is 4.33. The number of H-pyrrole nitrogens is 1. The van der Waals surface area contributed by atoms with Gasteiger partial charge in [-0.15, -0.1) is 0 Å². The number of aromatic amines is 1. The van der Waals surface area contributed by atoms with Crippen molar-refractivity contribution < 1.29 is 72.1 Å². The molecule has 0 radical (unpaired) electrons. The second-order valence-corrected chi connectivity index (χ2v) is 12.9. The van der Waals surface area contributed by atoms with Crippen LogP contribution in [0.2, 0.25) is 0 Å². The van der Waals surface area contributed by atoms with Crippen LogP contribution in [0.25, 0.3) is 11.2 Å². The van der Waals surface area contributed by atoms with Crippen LogP contribution in [-0.4, -0.2) is 110 Å². The first-order valence-electron chi connectivity index (χ1n) is 12.5. The Labute approximate surface area is 244 Å². The number of hydrogen-bond acceptors (Lipinski definition) is 14. The highest BCUT2D eigenvalue weighted by molar-refractivity contribution is 7.54. The van der Waals surface area contributed by atoms with Gasteiger partial charge in [-0.25, -0.2) is 14.5 Å². The van der Waals surface area contributed by atoms with Gasteiger partial charge < -0.3 is 59.8 Å². The number of nitrogens with two attached hydrogens (primary N) is 1. The Morgan fingerprint density at radius 1 is 1.11 bits per heavy atom. The Kier molecular flexibility index (Phi) is 8.88.